The summed E-state index contributed by atoms with van der Waals surface area (Å²) in [5.74, 6) is 0.649. The molecule has 0 bridgehead atoms. The number of ether oxygens (including phenoxy) is 1. The summed E-state index contributed by atoms with van der Waals surface area (Å²) in [5.41, 5.74) is 2.00. The Bertz CT molecular complexity index is 1170. The van der Waals surface area contributed by atoms with Gasteiger partial charge in [0, 0.05) is 5.69 Å². The Hall–Kier alpha value is -2.40. The highest BCUT2D eigenvalue weighted by Gasteiger charge is 2.36. The van der Waals surface area contributed by atoms with Crippen LogP contribution in [-0.2, 0) is 24.9 Å². The molecule has 8 nitrogen and oxygen atoms in total. The Morgan fingerprint density at radius 3 is 2.19 bits per heavy atom. The molecule has 1 heterocycles. The highest BCUT2D eigenvalue weighted by molar-refractivity contribution is 7.92. The molecule has 0 radical (unpaired) electrons. The van der Waals surface area contributed by atoms with E-state index in [1.165, 1.54) is 31.2 Å². The van der Waals surface area contributed by atoms with Crippen LogP contribution in [0.2, 0.25) is 0 Å². The molecular weight excluding hydrogens is 452 g/mol. The first-order valence-electron chi connectivity index (χ1n) is 10.3. The number of nitrogens with zero attached hydrogens (tertiary/aromatic N) is 1. The molecule has 0 saturated heterocycles. The Morgan fingerprint density at radius 1 is 1.00 bits per heavy atom. The van der Waals surface area contributed by atoms with Crippen LogP contribution in [0.5, 0.6) is 5.75 Å². The second-order valence-electron chi connectivity index (χ2n) is 7.43. The normalized spacial score (nSPS) is 19.9. The fourth-order valence-corrected chi connectivity index (χ4v) is 5.39. The SMILES string of the molecule is CCOc1ccc(C2ON(S(=O)(=O)c3ccc(NS(=O)(=O)CC)cc3)C(C)C=C2C)cc1. The molecule has 2 unspecified atom stereocenters. The number of anilines is 1. The number of benzene rings is 2. The summed E-state index contributed by atoms with van der Waals surface area (Å²) in [6, 6.07) is 12.4. The van der Waals surface area contributed by atoms with Crippen LogP contribution in [0.1, 0.15) is 39.4 Å². The molecule has 2 atom stereocenters. The van der Waals surface area contributed by atoms with Crippen molar-refractivity contribution in [3.05, 3.63) is 65.7 Å². The minimum Gasteiger partial charge on any atom is -0.494 e. The van der Waals surface area contributed by atoms with Gasteiger partial charge in [-0.2, -0.15) is 0 Å². The van der Waals surface area contributed by atoms with Crippen LogP contribution in [0.4, 0.5) is 5.69 Å². The predicted molar refractivity (Wildman–Crippen MR) is 123 cm³/mol. The number of nitrogens with one attached hydrogen (secondary N) is 1. The van der Waals surface area contributed by atoms with Gasteiger partial charge < -0.3 is 4.74 Å². The van der Waals surface area contributed by atoms with Gasteiger partial charge >= 0.3 is 0 Å². The van der Waals surface area contributed by atoms with Gasteiger partial charge in [0.2, 0.25) is 10.0 Å². The quantitative estimate of drug-likeness (QED) is 0.576. The van der Waals surface area contributed by atoms with Gasteiger partial charge in [0.15, 0.2) is 0 Å². The highest BCUT2D eigenvalue weighted by atomic mass is 32.2. The van der Waals surface area contributed by atoms with Crippen LogP contribution in [0.25, 0.3) is 0 Å². The van der Waals surface area contributed by atoms with E-state index >= 15 is 0 Å². The van der Waals surface area contributed by atoms with Gasteiger partial charge in [0.05, 0.1) is 23.3 Å². The van der Waals surface area contributed by atoms with Crippen LogP contribution >= 0.6 is 0 Å². The van der Waals surface area contributed by atoms with Crippen molar-refractivity contribution in [3.63, 3.8) is 0 Å². The summed E-state index contributed by atoms with van der Waals surface area (Å²) in [7, 11) is -7.45. The third-order valence-electron chi connectivity index (χ3n) is 5.00. The zero-order valence-electron chi connectivity index (χ0n) is 18.5. The molecule has 2 aromatic carbocycles. The second kappa shape index (κ2) is 9.62. The molecule has 10 heteroatoms. The molecule has 0 spiro atoms. The molecule has 0 amide bonds. The van der Waals surface area contributed by atoms with E-state index in [2.05, 4.69) is 4.72 Å². The lowest BCUT2D eigenvalue weighted by Gasteiger charge is -2.35. The minimum absolute atomic E-state index is 0.00203. The molecule has 32 heavy (non-hydrogen) atoms. The van der Waals surface area contributed by atoms with E-state index < -0.39 is 32.2 Å². The Kier molecular flexibility index (Phi) is 7.29. The smallest absolute Gasteiger partial charge is 0.265 e. The summed E-state index contributed by atoms with van der Waals surface area (Å²) >= 11 is 0. The van der Waals surface area contributed by atoms with Gasteiger partial charge in [-0.25, -0.2) is 16.8 Å². The summed E-state index contributed by atoms with van der Waals surface area (Å²) < 4.78 is 58.9. The largest absolute Gasteiger partial charge is 0.494 e. The average molecular weight is 481 g/mol. The lowest BCUT2D eigenvalue weighted by atomic mass is 10.00. The zero-order chi connectivity index (χ0) is 23.5. The van der Waals surface area contributed by atoms with Crippen molar-refractivity contribution in [3.8, 4) is 5.75 Å². The molecule has 0 aromatic heterocycles. The number of hydrogen-bond acceptors (Lipinski definition) is 6. The summed E-state index contributed by atoms with van der Waals surface area (Å²) in [5, 5.41) is 0. The number of hydroxylamine groups is 1. The van der Waals surface area contributed by atoms with Gasteiger partial charge in [-0.15, -0.1) is 0 Å². The van der Waals surface area contributed by atoms with Crippen molar-refractivity contribution >= 4 is 25.7 Å². The average Bonchev–Trinajstić information content (AvgIpc) is 2.75. The van der Waals surface area contributed by atoms with Crippen molar-refractivity contribution in [2.45, 2.75) is 44.7 Å². The molecular formula is C22H28N2O6S2. The van der Waals surface area contributed by atoms with Crippen molar-refractivity contribution < 1.29 is 26.4 Å². The third-order valence-corrected chi connectivity index (χ3v) is 8.06. The number of sulfonamides is 2. The molecule has 1 aliphatic rings. The van der Waals surface area contributed by atoms with E-state index in [4.69, 9.17) is 9.57 Å². The predicted octanol–water partition coefficient (Wildman–Crippen LogP) is 3.86. The van der Waals surface area contributed by atoms with Gasteiger partial charge in [0.1, 0.15) is 11.9 Å². The summed E-state index contributed by atoms with van der Waals surface area (Å²) in [6.07, 6.45) is 1.29. The summed E-state index contributed by atoms with van der Waals surface area (Å²) in [4.78, 5) is 5.97. The topological polar surface area (TPSA) is 102 Å². The molecule has 0 saturated carbocycles. The van der Waals surface area contributed by atoms with Gasteiger partial charge in [0.25, 0.3) is 10.0 Å². The van der Waals surface area contributed by atoms with Crippen LogP contribution in [0.15, 0.2) is 65.1 Å². The number of hydrogen-bond donors (Lipinski definition) is 1. The standard InChI is InChI=1S/C22H28N2O6S2/c1-5-29-20-11-7-18(8-12-20)22-16(3)15-17(4)24(30-22)32(27,28)21-13-9-19(10-14-21)23-31(25,26)6-2/h7-15,17,22-23H,5-6H2,1-4H3. The molecule has 174 valence electrons. The van der Waals surface area contributed by atoms with Crippen molar-refractivity contribution in [2.75, 3.05) is 17.1 Å². The van der Waals surface area contributed by atoms with E-state index in [-0.39, 0.29) is 10.6 Å². The first-order valence-corrected chi connectivity index (χ1v) is 13.4. The van der Waals surface area contributed by atoms with Crippen LogP contribution in [0, 0.1) is 0 Å². The maximum absolute atomic E-state index is 13.3. The molecule has 1 aliphatic heterocycles. The first-order chi connectivity index (χ1) is 15.1. The fraction of sp³-hybridized carbons (Fsp3) is 0.364. The van der Waals surface area contributed by atoms with Gasteiger partial charge in [-0.3, -0.25) is 9.56 Å². The van der Waals surface area contributed by atoms with Gasteiger partial charge in [-0.1, -0.05) is 22.7 Å². The maximum Gasteiger partial charge on any atom is 0.265 e. The van der Waals surface area contributed by atoms with Crippen molar-refractivity contribution in [1.29, 1.82) is 0 Å². The lowest BCUT2D eigenvalue weighted by molar-refractivity contribution is -0.143. The first kappa shape index (κ1) is 24.2. The van der Waals surface area contributed by atoms with Crippen molar-refractivity contribution in [1.82, 2.24) is 4.47 Å². The molecule has 1 N–H and O–H groups in total. The van der Waals surface area contributed by atoms with Crippen molar-refractivity contribution in [2.24, 2.45) is 0 Å². The highest BCUT2D eigenvalue weighted by Crippen LogP contribution is 2.36. The van der Waals surface area contributed by atoms with Crippen LogP contribution in [0.3, 0.4) is 0 Å². The van der Waals surface area contributed by atoms with Crippen LogP contribution in [-0.4, -0.2) is 39.7 Å². The molecule has 0 fully saturated rings. The third kappa shape index (κ3) is 5.32. The molecule has 0 aliphatic carbocycles. The van der Waals surface area contributed by atoms with E-state index in [0.717, 1.165) is 21.4 Å². The Labute approximate surface area is 189 Å². The summed E-state index contributed by atoms with van der Waals surface area (Å²) in [6.45, 7) is 7.61. The number of rotatable bonds is 8. The van der Waals surface area contributed by atoms with E-state index in [1.54, 1.807) is 6.92 Å². The zero-order valence-corrected chi connectivity index (χ0v) is 20.1. The van der Waals surface area contributed by atoms with E-state index in [9.17, 15) is 16.8 Å². The molecule has 2 aromatic rings. The fourth-order valence-electron chi connectivity index (χ4n) is 3.37. The lowest BCUT2D eigenvalue weighted by Crippen LogP contribution is -2.41. The van der Waals surface area contributed by atoms with E-state index in [0.29, 0.717) is 12.3 Å². The minimum atomic E-state index is -3.99. The van der Waals surface area contributed by atoms with Crippen LogP contribution < -0.4 is 9.46 Å². The van der Waals surface area contributed by atoms with E-state index in [1.807, 2.05) is 44.2 Å². The Morgan fingerprint density at radius 2 is 1.62 bits per heavy atom. The van der Waals surface area contributed by atoms with Gasteiger partial charge in [-0.05, 0) is 75.2 Å². The second-order valence-corrected chi connectivity index (χ2v) is 11.2. The Balaban J connectivity index is 1.85. The molecule has 3 rings (SSSR count). The maximum atomic E-state index is 13.3. The monoisotopic (exact) mass is 480 g/mol.